The van der Waals surface area contributed by atoms with E-state index in [9.17, 15) is 10.2 Å². The lowest BCUT2D eigenvalue weighted by molar-refractivity contribution is -0.0689. The number of allylic oxidation sites excluding steroid dienone is 1. The molecule has 5 nitrogen and oxygen atoms in total. The Morgan fingerprint density at radius 2 is 2.16 bits per heavy atom. The number of unbranched alkanes of at least 4 members (excludes halogenated alkanes) is 4. The standard InChI is InChI=1S/C14H26O5/c1-2-3-4-5-6-7-8-18-12-10-19-14(13(12)17)11(16)9-15/h7-8,11-17H,2-6,9-10H2,1H3/b8-7+/t11-,12+,13+,14+/m1/s1. The van der Waals surface area contributed by atoms with Gasteiger partial charge in [-0.2, -0.15) is 0 Å². The van der Waals surface area contributed by atoms with Crippen molar-refractivity contribution < 1.29 is 24.8 Å². The monoisotopic (exact) mass is 274 g/mol. The average Bonchev–Trinajstić information content (AvgIpc) is 2.78. The van der Waals surface area contributed by atoms with Crippen LogP contribution in [0.4, 0.5) is 0 Å². The number of ether oxygens (including phenoxy) is 2. The fraction of sp³-hybridized carbons (Fsp3) is 0.857. The Morgan fingerprint density at radius 1 is 1.37 bits per heavy atom. The molecule has 0 saturated carbocycles. The van der Waals surface area contributed by atoms with Crippen molar-refractivity contribution in [3.8, 4) is 0 Å². The average molecular weight is 274 g/mol. The zero-order valence-electron chi connectivity index (χ0n) is 11.6. The number of hydrogen-bond acceptors (Lipinski definition) is 5. The van der Waals surface area contributed by atoms with Crippen molar-refractivity contribution in [3.63, 3.8) is 0 Å². The summed E-state index contributed by atoms with van der Waals surface area (Å²) in [6, 6.07) is 0. The number of hydrogen-bond donors (Lipinski definition) is 3. The smallest absolute Gasteiger partial charge is 0.149 e. The third-order valence-corrected chi connectivity index (χ3v) is 3.31. The van der Waals surface area contributed by atoms with Gasteiger partial charge in [-0.15, -0.1) is 0 Å². The van der Waals surface area contributed by atoms with Crippen LogP contribution in [0.5, 0.6) is 0 Å². The predicted octanol–water partition coefficient (Wildman–Crippen LogP) is 0.969. The highest BCUT2D eigenvalue weighted by atomic mass is 16.6. The Labute approximate surface area is 114 Å². The van der Waals surface area contributed by atoms with Crippen LogP contribution in [-0.4, -0.2) is 52.9 Å². The van der Waals surface area contributed by atoms with Gasteiger partial charge in [-0.05, 0) is 18.9 Å². The molecule has 1 aliphatic rings. The number of rotatable bonds is 9. The molecule has 0 aromatic rings. The molecule has 1 aliphatic heterocycles. The van der Waals surface area contributed by atoms with E-state index in [1.807, 2.05) is 6.08 Å². The van der Waals surface area contributed by atoms with Gasteiger partial charge in [-0.3, -0.25) is 0 Å². The maximum Gasteiger partial charge on any atom is 0.149 e. The molecule has 0 aromatic heterocycles. The van der Waals surface area contributed by atoms with Gasteiger partial charge in [-0.1, -0.05) is 26.2 Å². The SMILES string of the molecule is CCCCCC/C=C/O[C@H]1CO[C@@H]([C@H](O)CO)[C@H]1O. The van der Waals surface area contributed by atoms with Gasteiger partial charge in [0.25, 0.3) is 0 Å². The van der Waals surface area contributed by atoms with Crippen LogP contribution in [0.25, 0.3) is 0 Å². The lowest BCUT2D eigenvalue weighted by Gasteiger charge is -2.20. The molecule has 0 aromatic carbocycles. The van der Waals surface area contributed by atoms with E-state index < -0.39 is 31.0 Å². The van der Waals surface area contributed by atoms with Crippen LogP contribution in [0.1, 0.15) is 39.0 Å². The van der Waals surface area contributed by atoms with E-state index in [1.54, 1.807) is 6.26 Å². The Kier molecular flexibility index (Phi) is 8.05. The van der Waals surface area contributed by atoms with Crippen LogP contribution >= 0.6 is 0 Å². The predicted molar refractivity (Wildman–Crippen MR) is 71.6 cm³/mol. The van der Waals surface area contributed by atoms with E-state index in [0.29, 0.717) is 0 Å². The van der Waals surface area contributed by atoms with Crippen LogP contribution in [-0.2, 0) is 9.47 Å². The van der Waals surface area contributed by atoms with Crippen LogP contribution < -0.4 is 0 Å². The highest BCUT2D eigenvalue weighted by Gasteiger charge is 2.40. The number of aliphatic hydroxyl groups is 3. The minimum Gasteiger partial charge on any atom is -0.493 e. The largest absolute Gasteiger partial charge is 0.493 e. The van der Waals surface area contributed by atoms with Crippen LogP contribution in [0.2, 0.25) is 0 Å². The lowest BCUT2D eigenvalue weighted by atomic mass is 10.1. The molecular formula is C14H26O5. The second-order valence-corrected chi connectivity index (χ2v) is 4.93. The third kappa shape index (κ3) is 5.48. The van der Waals surface area contributed by atoms with Crippen molar-refractivity contribution in [2.75, 3.05) is 13.2 Å². The molecule has 4 atom stereocenters. The van der Waals surface area contributed by atoms with Gasteiger partial charge in [0.15, 0.2) is 0 Å². The summed E-state index contributed by atoms with van der Waals surface area (Å²) in [6.45, 7) is 1.97. The van der Waals surface area contributed by atoms with Crippen molar-refractivity contribution in [1.29, 1.82) is 0 Å². The maximum atomic E-state index is 9.87. The van der Waals surface area contributed by atoms with Gasteiger partial charge in [0.05, 0.1) is 19.5 Å². The summed E-state index contributed by atoms with van der Waals surface area (Å²) in [4.78, 5) is 0. The molecule has 1 saturated heterocycles. The minimum absolute atomic E-state index is 0.225. The highest BCUT2D eigenvalue weighted by Crippen LogP contribution is 2.20. The van der Waals surface area contributed by atoms with Gasteiger partial charge in [0, 0.05) is 0 Å². The first-order valence-corrected chi connectivity index (χ1v) is 7.09. The van der Waals surface area contributed by atoms with Crippen molar-refractivity contribution in [1.82, 2.24) is 0 Å². The fourth-order valence-electron chi connectivity index (χ4n) is 2.09. The normalized spacial score (nSPS) is 28.9. The molecule has 0 unspecified atom stereocenters. The summed E-state index contributed by atoms with van der Waals surface area (Å²) in [5, 5.41) is 28.1. The summed E-state index contributed by atoms with van der Waals surface area (Å²) in [7, 11) is 0. The summed E-state index contributed by atoms with van der Waals surface area (Å²) >= 11 is 0. The van der Waals surface area contributed by atoms with Crippen LogP contribution in [0.15, 0.2) is 12.3 Å². The van der Waals surface area contributed by atoms with Gasteiger partial charge >= 0.3 is 0 Å². The Hall–Kier alpha value is -0.620. The van der Waals surface area contributed by atoms with Crippen LogP contribution in [0.3, 0.4) is 0 Å². The van der Waals surface area contributed by atoms with Gasteiger partial charge < -0.3 is 24.8 Å². The molecule has 0 radical (unpaired) electrons. The summed E-state index contributed by atoms with van der Waals surface area (Å²) in [5.74, 6) is 0. The Balaban J connectivity index is 2.18. The first-order chi connectivity index (χ1) is 9.20. The first-order valence-electron chi connectivity index (χ1n) is 7.09. The second-order valence-electron chi connectivity index (χ2n) is 4.93. The first kappa shape index (κ1) is 16.4. The molecule has 19 heavy (non-hydrogen) atoms. The molecule has 0 bridgehead atoms. The Bertz CT molecular complexity index is 256. The Morgan fingerprint density at radius 3 is 2.84 bits per heavy atom. The van der Waals surface area contributed by atoms with E-state index in [2.05, 4.69) is 6.92 Å². The van der Waals surface area contributed by atoms with Crippen molar-refractivity contribution in [2.24, 2.45) is 0 Å². The summed E-state index contributed by atoms with van der Waals surface area (Å²) in [6.07, 6.45) is 6.12. The molecule has 0 aliphatic carbocycles. The molecule has 5 heteroatoms. The van der Waals surface area contributed by atoms with Crippen molar-refractivity contribution in [3.05, 3.63) is 12.3 Å². The second kappa shape index (κ2) is 9.31. The zero-order chi connectivity index (χ0) is 14.1. The number of aliphatic hydroxyl groups excluding tert-OH is 3. The maximum absolute atomic E-state index is 9.87. The molecule has 1 fully saturated rings. The molecule has 0 amide bonds. The summed E-state index contributed by atoms with van der Waals surface area (Å²) in [5.41, 5.74) is 0. The zero-order valence-corrected chi connectivity index (χ0v) is 11.6. The quantitative estimate of drug-likeness (QED) is 0.431. The van der Waals surface area contributed by atoms with Gasteiger partial charge in [0.2, 0.25) is 0 Å². The van der Waals surface area contributed by atoms with E-state index in [4.69, 9.17) is 14.6 Å². The van der Waals surface area contributed by atoms with E-state index >= 15 is 0 Å². The molecule has 1 heterocycles. The highest BCUT2D eigenvalue weighted by molar-refractivity contribution is 4.90. The van der Waals surface area contributed by atoms with Crippen molar-refractivity contribution in [2.45, 2.75) is 63.4 Å². The molecule has 1 rings (SSSR count). The van der Waals surface area contributed by atoms with Crippen molar-refractivity contribution >= 4 is 0 Å². The molecule has 0 spiro atoms. The molecule has 3 N–H and O–H groups in total. The third-order valence-electron chi connectivity index (χ3n) is 3.31. The van der Waals surface area contributed by atoms with E-state index in [0.717, 1.165) is 12.8 Å². The molecular weight excluding hydrogens is 248 g/mol. The molecule has 112 valence electrons. The lowest BCUT2D eigenvalue weighted by Crippen LogP contribution is -2.40. The fourth-order valence-corrected chi connectivity index (χ4v) is 2.09. The minimum atomic E-state index is -1.07. The summed E-state index contributed by atoms with van der Waals surface area (Å²) < 4.78 is 10.6. The van der Waals surface area contributed by atoms with E-state index in [1.165, 1.54) is 19.3 Å². The van der Waals surface area contributed by atoms with Crippen LogP contribution in [0, 0.1) is 0 Å². The van der Waals surface area contributed by atoms with Gasteiger partial charge in [-0.25, -0.2) is 0 Å². The van der Waals surface area contributed by atoms with E-state index in [-0.39, 0.29) is 6.61 Å². The topological polar surface area (TPSA) is 79.2 Å². The van der Waals surface area contributed by atoms with Gasteiger partial charge in [0.1, 0.15) is 24.4 Å².